The molecule has 210 valence electrons. The van der Waals surface area contributed by atoms with Crippen LogP contribution in [0.3, 0.4) is 0 Å². The lowest BCUT2D eigenvalue weighted by atomic mass is 10.0. The van der Waals surface area contributed by atoms with E-state index in [1.54, 1.807) is 7.11 Å². The summed E-state index contributed by atoms with van der Waals surface area (Å²) in [5, 5.41) is 7.58. The first-order valence-corrected chi connectivity index (χ1v) is 14.5. The summed E-state index contributed by atoms with van der Waals surface area (Å²) in [6.45, 7) is 5.30. The van der Waals surface area contributed by atoms with Crippen molar-refractivity contribution < 1.29 is 19.0 Å². The van der Waals surface area contributed by atoms with Crippen LogP contribution in [0.5, 0.6) is 5.75 Å². The van der Waals surface area contributed by atoms with E-state index in [-0.39, 0.29) is 5.91 Å². The molecule has 2 aliphatic heterocycles. The number of rotatable bonds is 6. The summed E-state index contributed by atoms with van der Waals surface area (Å²) in [7, 11) is 1.66. The molecule has 3 heterocycles. The molecule has 3 aromatic carbocycles. The third-order valence-electron chi connectivity index (χ3n) is 7.19. The first-order valence-electron chi connectivity index (χ1n) is 13.3. The van der Waals surface area contributed by atoms with Crippen LogP contribution in [0.2, 0.25) is 5.02 Å². The third kappa shape index (κ3) is 5.81. The van der Waals surface area contributed by atoms with Gasteiger partial charge in [-0.05, 0) is 54.6 Å². The first kappa shape index (κ1) is 27.7. The Kier molecular flexibility index (Phi) is 7.94. The summed E-state index contributed by atoms with van der Waals surface area (Å²) in [4.78, 5) is 20.0. The van der Waals surface area contributed by atoms with Crippen molar-refractivity contribution in [3.63, 3.8) is 0 Å². The van der Waals surface area contributed by atoms with Crippen molar-refractivity contribution in [1.29, 1.82) is 0 Å². The van der Waals surface area contributed by atoms with Crippen molar-refractivity contribution in [3.05, 3.63) is 92.9 Å². The van der Waals surface area contributed by atoms with Crippen LogP contribution in [0, 0.1) is 0 Å². The fraction of sp³-hybridized carbons (Fsp3) is 0.258. The quantitative estimate of drug-likeness (QED) is 0.244. The molecule has 1 saturated heterocycles. The number of carbonyl (C=O) groups is 1. The Hall–Kier alpha value is -3.50. The van der Waals surface area contributed by atoms with Gasteiger partial charge in [-0.2, -0.15) is 5.01 Å². The van der Waals surface area contributed by atoms with Gasteiger partial charge >= 0.3 is 0 Å². The highest BCUT2D eigenvalue weighted by atomic mass is 79.9. The van der Waals surface area contributed by atoms with E-state index in [2.05, 4.69) is 25.9 Å². The monoisotopic (exact) mass is 634 g/mol. The van der Waals surface area contributed by atoms with Crippen LogP contribution in [0.25, 0.3) is 22.2 Å². The number of hydrogen-bond donors (Lipinski definition) is 0. The molecule has 6 rings (SSSR count). The predicted octanol–water partition coefficient (Wildman–Crippen LogP) is 6.40. The average molecular weight is 636 g/mol. The summed E-state index contributed by atoms with van der Waals surface area (Å²) in [6, 6.07) is 21.2. The van der Waals surface area contributed by atoms with Crippen LogP contribution in [0.4, 0.5) is 0 Å². The molecule has 0 aliphatic carbocycles. The van der Waals surface area contributed by atoms with Crippen molar-refractivity contribution in [2.75, 3.05) is 33.4 Å². The van der Waals surface area contributed by atoms with Gasteiger partial charge in [0.1, 0.15) is 5.75 Å². The Morgan fingerprint density at radius 3 is 2.59 bits per heavy atom. The van der Waals surface area contributed by atoms with Gasteiger partial charge in [0.2, 0.25) is 18.0 Å². The molecule has 0 spiro atoms. The molecule has 0 bridgehead atoms. The number of nitrogens with zero attached hydrogens (tertiary/aromatic N) is 4. The second-order valence-corrected chi connectivity index (χ2v) is 11.3. The van der Waals surface area contributed by atoms with Gasteiger partial charge in [-0.25, -0.2) is 4.98 Å². The van der Waals surface area contributed by atoms with Gasteiger partial charge in [0.05, 0.1) is 31.5 Å². The number of halogens is 2. The summed E-state index contributed by atoms with van der Waals surface area (Å²) in [6.07, 6.45) is -0.730. The van der Waals surface area contributed by atoms with Crippen molar-refractivity contribution in [3.8, 4) is 17.0 Å². The van der Waals surface area contributed by atoms with Gasteiger partial charge in [-0.1, -0.05) is 39.7 Å². The summed E-state index contributed by atoms with van der Waals surface area (Å²) < 4.78 is 18.6. The smallest absolute Gasteiger partial charge is 0.243 e. The Labute approximate surface area is 251 Å². The number of carbonyl (C=O) groups excluding carboxylic acids is 1. The van der Waals surface area contributed by atoms with Crippen molar-refractivity contribution >= 4 is 50.2 Å². The van der Waals surface area contributed by atoms with Crippen LogP contribution in [0.1, 0.15) is 29.8 Å². The molecule has 0 N–H and O–H groups in total. The SMILES string of the molecule is COc1ccc(C2OC(c3cc(-c4ccc(Cl)cc4)nc4ccc(Br)cc34)=NN2C(C)=O)cc1CN1CCOCC1. The number of hydrogen-bond acceptors (Lipinski definition) is 7. The Morgan fingerprint density at radius 2 is 1.85 bits per heavy atom. The van der Waals surface area contributed by atoms with E-state index in [4.69, 9.17) is 30.8 Å². The number of aromatic nitrogens is 1. The number of ether oxygens (including phenoxy) is 3. The molecule has 0 saturated carbocycles. The predicted molar refractivity (Wildman–Crippen MR) is 162 cm³/mol. The van der Waals surface area contributed by atoms with Crippen molar-refractivity contribution in [2.45, 2.75) is 19.7 Å². The topological polar surface area (TPSA) is 76.5 Å². The van der Waals surface area contributed by atoms with E-state index in [1.165, 1.54) is 11.9 Å². The maximum absolute atomic E-state index is 12.8. The summed E-state index contributed by atoms with van der Waals surface area (Å²) in [5.41, 5.74) is 4.97. The minimum atomic E-state index is -0.730. The van der Waals surface area contributed by atoms with Crippen LogP contribution in [-0.2, 0) is 20.8 Å². The summed E-state index contributed by atoms with van der Waals surface area (Å²) in [5.74, 6) is 0.899. The van der Waals surface area contributed by atoms with Gasteiger partial charge in [0, 0.05) is 63.7 Å². The highest BCUT2D eigenvalue weighted by Gasteiger charge is 2.34. The van der Waals surface area contributed by atoms with Gasteiger partial charge in [0.25, 0.3) is 0 Å². The molecular formula is C31H28BrClN4O4. The van der Waals surface area contributed by atoms with E-state index in [9.17, 15) is 4.79 Å². The Bertz CT molecular complexity index is 1640. The molecule has 41 heavy (non-hydrogen) atoms. The summed E-state index contributed by atoms with van der Waals surface area (Å²) >= 11 is 9.71. The number of benzene rings is 3. The highest BCUT2D eigenvalue weighted by molar-refractivity contribution is 9.10. The normalized spacial score (nSPS) is 17.4. The number of morpholine rings is 1. The van der Waals surface area contributed by atoms with Crippen LogP contribution in [0.15, 0.2) is 76.3 Å². The molecule has 10 heteroatoms. The van der Waals surface area contributed by atoms with Crippen LogP contribution < -0.4 is 4.74 Å². The second-order valence-electron chi connectivity index (χ2n) is 9.92. The number of hydrazone groups is 1. The van der Waals surface area contributed by atoms with E-state index >= 15 is 0 Å². The van der Waals surface area contributed by atoms with Crippen LogP contribution in [-0.4, -0.2) is 60.1 Å². The van der Waals surface area contributed by atoms with E-state index in [0.717, 1.165) is 62.2 Å². The molecule has 8 nitrogen and oxygen atoms in total. The minimum absolute atomic E-state index is 0.229. The van der Waals surface area contributed by atoms with Gasteiger partial charge in [0.15, 0.2) is 0 Å². The molecule has 2 aliphatic rings. The fourth-order valence-electron chi connectivity index (χ4n) is 5.11. The minimum Gasteiger partial charge on any atom is -0.496 e. The number of fused-ring (bicyclic) bond motifs is 1. The highest BCUT2D eigenvalue weighted by Crippen LogP contribution is 2.36. The maximum atomic E-state index is 12.8. The number of methoxy groups -OCH3 is 1. The molecule has 4 aromatic rings. The molecule has 1 atom stereocenters. The van der Waals surface area contributed by atoms with Crippen LogP contribution >= 0.6 is 27.5 Å². The standard InChI is InChI=1S/C31H28BrClN4O4/c1-19(38)37-31(21-5-10-29(39-2)22(15-21)18-36-11-13-40-14-12-36)41-30(35-37)26-17-28(20-3-7-24(33)8-4-20)34-27-9-6-23(32)16-25(26)27/h3-10,15-17,31H,11-14,18H2,1-2H3. The number of amides is 1. The number of pyridine rings is 1. The maximum Gasteiger partial charge on any atom is 0.243 e. The Morgan fingerprint density at radius 1 is 1.07 bits per heavy atom. The van der Waals surface area contributed by atoms with Gasteiger partial charge in [-0.15, -0.1) is 5.10 Å². The molecular weight excluding hydrogens is 608 g/mol. The Balaban J connectivity index is 1.40. The average Bonchev–Trinajstić information content (AvgIpc) is 3.43. The van der Waals surface area contributed by atoms with Gasteiger partial charge in [-0.3, -0.25) is 9.69 Å². The zero-order valence-corrected chi connectivity index (χ0v) is 25.0. The lowest BCUT2D eigenvalue weighted by Crippen LogP contribution is -2.35. The molecule has 0 radical (unpaired) electrons. The van der Waals surface area contributed by atoms with Gasteiger partial charge < -0.3 is 14.2 Å². The van der Waals surface area contributed by atoms with E-state index in [1.807, 2.05) is 66.7 Å². The molecule has 1 aromatic heterocycles. The van der Waals surface area contributed by atoms with Crippen molar-refractivity contribution in [1.82, 2.24) is 14.9 Å². The van der Waals surface area contributed by atoms with E-state index in [0.29, 0.717) is 30.7 Å². The third-order valence-corrected chi connectivity index (χ3v) is 7.94. The van der Waals surface area contributed by atoms with E-state index < -0.39 is 6.23 Å². The molecule has 1 amide bonds. The second kappa shape index (κ2) is 11.8. The fourth-order valence-corrected chi connectivity index (χ4v) is 5.60. The molecule has 1 unspecified atom stereocenters. The lowest BCUT2D eigenvalue weighted by Gasteiger charge is -2.28. The largest absolute Gasteiger partial charge is 0.496 e. The lowest BCUT2D eigenvalue weighted by molar-refractivity contribution is -0.135. The first-order chi connectivity index (χ1) is 19.9. The zero-order chi connectivity index (χ0) is 28.5. The zero-order valence-electron chi connectivity index (χ0n) is 22.6. The van der Waals surface area contributed by atoms with Crippen molar-refractivity contribution in [2.24, 2.45) is 5.10 Å². The molecule has 1 fully saturated rings.